The lowest BCUT2D eigenvalue weighted by atomic mass is 10.5. The zero-order valence-electron chi connectivity index (χ0n) is 4.46. The van der Waals surface area contributed by atoms with E-state index in [0.29, 0.717) is 5.75 Å². The summed E-state index contributed by atoms with van der Waals surface area (Å²) in [5.74, 6) is 1.65. The van der Waals surface area contributed by atoms with E-state index in [9.17, 15) is 0 Å². The van der Waals surface area contributed by atoms with Crippen LogP contribution in [0.5, 0.6) is 0 Å². The summed E-state index contributed by atoms with van der Waals surface area (Å²) in [7, 11) is 0. The number of rotatable bonds is 1. The Morgan fingerprint density at radius 3 is 3.12 bits per heavy atom. The highest BCUT2D eigenvalue weighted by Gasteiger charge is 1.92. The lowest BCUT2D eigenvalue weighted by molar-refractivity contribution is 1.10. The van der Waals surface area contributed by atoms with Crippen LogP contribution >= 0.6 is 12.6 Å². The first-order valence-corrected chi connectivity index (χ1v) is 3.12. The minimum Gasteiger partial charge on any atom is -0.350 e. The van der Waals surface area contributed by atoms with Crippen molar-refractivity contribution < 1.29 is 0 Å². The maximum absolute atomic E-state index is 4.09. The number of hydrogen-bond donors (Lipinski definition) is 2. The zero-order chi connectivity index (χ0) is 5.82. The molecule has 0 saturated carbocycles. The summed E-state index contributed by atoms with van der Waals surface area (Å²) in [6.45, 7) is 0.795. The van der Waals surface area contributed by atoms with E-state index >= 15 is 0 Å². The van der Waals surface area contributed by atoms with Crippen LogP contribution in [0.1, 0.15) is 0 Å². The van der Waals surface area contributed by atoms with Crippen LogP contribution in [0.2, 0.25) is 0 Å². The van der Waals surface area contributed by atoms with Crippen LogP contribution in [0, 0.1) is 0 Å². The Morgan fingerprint density at radius 2 is 2.75 bits per heavy atom. The molecular weight excluding hydrogens is 120 g/mol. The fraction of sp³-hybridized carbons (Fsp3) is 0.400. The minimum absolute atomic E-state index is 0.699. The van der Waals surface area contributed by atoms with Gasteiger partial charge in [-0.25, -0.2) is 0 Å². The Balaban J connectivity index is 2.43. The van der Waals surface area contributed by atoms with Crippen molar-refractivity contribution >= 4 is 18.5 Å². The zero-order valence-corrected chi connectivity index (χ0v) is 5.36. The Labute approximate surface area is 54.1 Å². The molecule has 2 nitrogen and oxygen atoms in total. The molecule has 0 spiro atoms. The molecule has 0 fully saturated rings. The van der Waals surface area contributed by atoms with Gasteiger partial charge in [0, 0.05) is 5.75 Å². The second kappa shape index (κ2) is 2.77. The first-order chi connectivity index (χ1) is 3.93. The van der Waals surface area contributed by atoms with E-state index in [0.717, 1.165) is 12.4 Å². The van der Waals surface area contributed by atoms with Crippen LogP contribution in [0.3, 0.4) is 0 Å². The smallest absolute Gasteiger partial charge is 0.110 e. The SMILES string of the molecule is SCC1=NCC=CN1. The molecule has 1 aliphatic heterocycles. The summed E-state index contributed by atoms with van der Waals surface area (Å²) >= 11 is 4.04. The highest BCUT2D eigenvalue weighted by atomic mass is 32.1. The first kappa shape index (κ1) is 5.69. The van der Waals surface area contributed by atoms with Gasteiger partial charge in [0.25, 0.3) is 0 Å². The van der Waals surface area contributed by atoms with Crippen LogP contribution in [0.4, 0.5) is 0 Å². The van der Waals surface area contributed by atoms with Gasteiger partial charge in [-0.1, -0.05) is 0 Å². The van der Waals surface area contributed by atoms with E-state index in [4.69, 9.17) is 0 Å². The summed E-state index contributed by atoms with van der Waals surface area (Å²) in [5, 5.41) is 2.96. The molecule has 1 N–H and O–H groups in total. The predicted octanol–water partition coefficient (Wildman–Crippen LogP) is 0.432. The molecule has 8 heavy (non-hydrogen) atoms. The first-order valence-electron chi connectivity index (χ1n) is 2.49. The van der Waals surface area contributed by atoms with Crippen LogP contribution in [-0.2, 0) is 0 Å². The van der Waals surface area contributed by atoms with Gasteiger partial charge < -0.3 is 5.32 Å². The van der Waals surface area contributed by atoms with Crippen molar-refractivity contribution in [3.8, 4) is 0 Å². The number of aliphatic imine (C=N–C) groups is 1. The number of hydrogen-bond acceptors (Lipinski definition) is 3. The number of amidine groups is 1. The fourth-order valence-corrected chi connectivity index (χ4v) is 0.703. The lowest BCUT2D eigenvalue weighted by Gasteiger charge is -2.04. The monoisotopic (exact) mass is 128 g/mol. The highest BCUT2D eigenvalue weighted by molar-refractivity contribution is 7.81. The predicted molar refractivity (Wildman–Crippen MR) is 38.4 cm³/mol. The highest BCUT2D eigenvalue weighted by Crippen LogP contribution is 1.86. The van der Waals surface area contributed by atoms with Crippen molar-refractivity contribution in [2.45, 2.75) is 0 Å². The van der Waals surface area contributed by atoms with Gasteiger partial charge in [0.15, 0.2) is 0 Å². The number of nitrogens with zero attached hydrogens (tertiary/aromatic N) is 1. The van der Waals surface area contributed by atoms with Gasteiger partial charge >= 0.3 is 0 Å². The molecule has 0 aromatic rings. The van der Waals surface area contributed by atoms with Crippen LogP contribution < -0.4 is 5.32 Å². The number of nitrogens with one attached hydrogen (secondary N) is 1. The maximum Gasteiger partial charge on any atom is 0.110 e. The Kier molecular flexibility index (Phi) is 1.97. The maximum atomic E-state index is 4.09. The van der Waals surface area contributed by atoms with E-state index in [-0.39, 0.29) is 0 Å². The van der Waals surface area contributed by atoms with E-state index in [1.807, 2.05) is 12.3 Å². The average molecular weight is 128 g/mol. The second-order valence-electron chi connectivity index (χ2n) is 1.49. The van der Waals surface area contributed by atoms with Gasteiger partial charge in [0.2, 0.25) is 0 Å². The lowest BCUT2D eigenvalue weighted by Crippen LogP contribution is -2.21. The third kappa shape index (κ3) is 1.26. The van der Waals surface area contributed by atoms with Crippen molar-refractivity contribution in [2.75, 3.05) is 12.3 Å². The summed E-state index contributed by atoms with van der Waals surface area (Å²) in [6, 6.07) is 0. The molecule has 3 heteroatoms. The fourth-order valence-electron chi connectivity index (χ4n) is 0.512. The summed E-state index contributed by atoms with van der Waals surface area (Å²) in [6.07, 6.45) is 3.85. The van der Waals surface area contributed by atoms with Gasteiger partial charge in [-0.05, 0) is 12.3 Å². The van der Waals surface area contributed by atoms with Gasteiger partial charge in [-0.15, -0.1) is 0 Å². The molecule has 1 heterocycles. The largest absolute Gasteiger partial charge is 0.350 e. The average Bonchev–Trinajstić information content (AvgIpc) is 1.90. The van der Waals surface area contributed by atoms with E-state index in [1.54, 1.807) is 0 Å². The van der Waals surface area contributed by atoms with E-state index in [2.05, 4.69) is 22.9 Å². The molecule has 1 rings (SSSR count). The molecule has 0 aromatic carbocycles. The Bertz CT molecular complexity index is 128. The molecule has 0 aliphatic carbocycles. The molecule has 0 radical (unpaired) electrons. The summed E-state index contributed by atoms with van der Waals surface area (Å²) in [4.78, 5) is 4.09. The summed E-state index contributed by atoms with van der Waals surface area (Å²) < 4.78 is 0. The molecule has 0 amide bonds. The van der Waals surface area contributed by atoms with Crippen LogP contribution in [-0.4, -0.2) is 18.1 Å². The number of thiol groups is 1. The van der Waals surface area contributed by atoms with E-state index in [1.165, 1.54) is 0 Å². The molecule has 0 atom stereocenters. The Morgan fingerprint density at radius 1 is 1.88 bits per heavy atom. The normalized spacial score (nSPS) is 17.4. The van der Waals surface area contributed by atoms with Crippen LogP contribution in [0.25, 0.3) is 0 Å². The molecular formula is C5H8N2S. The van der Waals surface area contributed by atoms with Crippen molar-refractivity contribution in [3.63, 3.8) is 0 Å². The molecule has 1 aliphatic rings. The summed E-state index contributed by atoms with van der Waals surface area (Å²) in [5.41, 5.74) is 0. The van der Waals surface area contributed by atoms with Crippen molar-refractivity contribution in [1.82, 2.24) is 5.32 Å². The second-order valence-corrected chi connectivity index (χ2v) is 1.81. The van der Waals surface area contributed by atoms with Gasteiger partial charge in [0.05, 0.1) is 6.54 Å². The molecule has 0 saturated heterocycles. The molecule has 0 bridgehead atoms. The van der Waals surface area contributed by atoms with Crippen LogP contribution in [0.15, 0.2) is 17.3 Å². The third-order valence-electron chi connectivity index (χ3n) is 0.905. The third-order valence-corrected chi connectivity index (χ3v) is 1.20. The van der Waals surface area contributed by atoms with Gasteiger partial charge in [-0.3, -0.25) is 4.99 Å². The van der Waals surface area contributed by atoms with E-state index < -0.39 is 0 Å². The standard InChI is InChI=1S/C5H8N2S/c8-4-5-6-2-1-3-7-5/h1-2,8H,3-4H2,(H,6,7). The molecule has 0 aromatic heterocycles. The van der Waals surface area contributed by atoms with Gasteiger partial charge in [-0.2, -0.15) is 12.6 Å². The quantitative estimate of drug-likeness (QED) is 0.492. The van der Waals surface area contributed by atoms with Gasteiger partial charge in [0.1, 0.15) is 5.84 Å². The molecule has 0 unspecified atom stereocenters. The minimum atomic E-state index is 0.699. The topological polar surface area (TPSA) is 24.4 Å². The Hall–Kier alpha value is -0.440. The van der Waals surface area contributed by atoms with Crippen molar-refractivity contribution in [1.29, 1.82) is 0 Å². The van der Waals surface area contributed by atoms with Crippen molar-refractivity contribution in [2.24, 2.45) is 4.99 Å². The van der Waals surface area contributed by atoms with Crippen molar-refractivity contribution in [3.05, 3.63) is 12.3 Å². The molecule has 44 valence electrons.